The Bertz CT molecular complexity index is 233. The quantitative estimate of drug-likeness (QED) is 0.745. The molecule has 108 valence electrons. The average Bonchev–Trinajstić information content (AvgIpc) is 2.27. The predicted octanol–water partition coefficient (Wildman–Crippen LogP) is 3.37. The zero-order chi connectivity index (χ0) is 13.6. The summed E-state index contributed by atoms with van der Waals surface area (Å²) in [5.41, 5.74) is 0. The molecule has 1 fully saturated rings. The van der Waals surface area contributed by atoms with Crippen LogP contribution in [-0.2, 0) is 4.74 Å². The van der Waals surface area contributed by atoms with E-state index in [1.165, 1.54) is 19.3 Å². The van der Waals surface area contributed by atoms with Crippen LogP contribution in [0.5, 0.6) is 0 Å². The van der Waals surface area contributed by atoms with E-state index in [2.05, 4.69) is 17.0 Å². The molecule has 1 aliphatic carbocycles. The van der Waals surface area contributed by atoms with E-state index in [0.717, 1.165) is 12.3 Å². The standard InChI is InChI=1S/C13H24F3NO/c1-10-5-6-12(17-2)11(8-10)4-3-7-18-9-13(14,15)16/h10-12,17H,3-9H2,1-2H3. The van der Waals surface area contributed by atoms with Gasteiger partial charge in [-0.05, 0) is 51.0 Å². The van der Waals surface area contributed by atoms with E-state index in [1.807, 2.05) is 7.05 Å². The Hall–Kier alpha value is -0.290. The van der Waals surface area contributed by atoms with Crippen molar-refractivity contribution < 1.29 is 17.9 Å². The van der Waals surface area contributed by atoms with Crippen molar-refractivity contribution >= 4 is 0 Å². The van der Waals surface area contributed by atoms with Crippen molar-refractivity contribution in [2.45, 2.75) is 51.2 Å². The minimum atomic E-state index is -4.20. The molecule has 3 unspecified atom stereocenters. The Balaban J connectivity index is 2.16. The van der Waals surface area contributed by atoms with Gasteiger partial charge in [-0.3, -0.25) is 0 Å². The highest BCUT2D eigenvalue weighted by molar-refractivity contribution is 4.82. The van der Waals surface area contributed by atoms with E-state index in [-0.39, 0.29) is 6.61 Å². The fourth-order valence-electron chi connectivity index (χ4n) is 2.83. The molecule has 2 nitrogen and oxygen atoms in total. The van der Waals surface area contributed by atoms with Gasteiger partial charge in [-0.15, -0.1) is 0 Å². The lowest BCUT2D eigenvalue weighted by molar-refractivity contribution is -0.174. The van der Waals surface area contributed by atoms with Crippen molar-refractivity contribution in [3.63, 3.8) is 0 Å². The summed E-state index contributed by atoms with van der Waals surface area (Å²) in [5, 5.41) is 3.32. The summed E-state index contributed by atoms with van der Waals surface area (Å²) in [7, 11) is 1.97. The third-order valence-corrected chi connectivity index (χ3v) is 3.74. The minimum absolute atomic E-state index is 0.209. The van der Waals surface area contributed by atoms with Crippen LogP contribution in [0, 0.1) is 11.8 Å². The first-order chi connectivity index (χ1) is 8.42. The van der Waals surface area contributed by atoms with Gasteiger partial charge in [0.2, 0.25) is 0 Å². The molecule has 0 spiro atoms. The van der Waals surface area contributed by atoms with Crippen molar-refractivity contribution in [1.29, 1.82) is 0 Å². The molecular weight excluding hydrogens is 243 g/mol. The molecule has 0 radical (unpaired) electrons. The lowest BCUT2D eigenvalue weighted by Crippen LogP contribution is -2.38. The number of alkyl halides is 3. The molecule has 1 N–H and O–H groups in total. The highest BCUT2D eigenvalue weighted by Crippen LogP contribution is 2.31. The van der Waals surface area contributed by atoms with Gasteiger partial charge in [0, 0.05) is 12.6 Å². The first kappa shape index (κ1) is 15.8. The van der Waals surface area contributed by atoms with Gasteiger partial charge >= 0.3 is 6.18 Å². The highest BCUT2D eigenvalue weighted by Gasteiger charge is 2.28. The summed E-state index contributed by atoms with van der Waals surface area (Å²) in [4.78, 5) is 0. The summed E-state index contributed by atoms with van der Waals surface area (Å²) in [6.45, 7) is 1.34. The van der Waals surface area contributed by atoms with Gasteiger partial charge in [-0.2, -0.15) is 13.2 Å². The molecule has 0 aromatic heterocycles. The molecule has 0 aliphatic heterocycles. The van der Waals surface area contributed by atoms with Crippen LogP contribution >= 0.6 is 0 Å². The molecule has 5 heteroatoms. The first-order valence-corrected chi connectivity index (χ1v) is 6.74. The zero-order valence-corrected chi connectivity index (χ0v) is 11.2. The van der Waals surface area contributed by atoms with Crippen LogP contribution in [0.25, 0.3) is 0 Å². The second kappa shape index (κ2) is 7.34. The second-order valence-electron chi connectivity index (χ2n) is 5.38. The molecular formula is C13H24F3NO. The van der Waals surface area contributed by atoms with Crippen LogP contribution in [0.15, 0.2) is 0 Å². The van der Waals surface area contributed by atoms with Crippen molar-refractivity contribution in [3.8, 4) is 0 Å². The van der Waals surface area contributed by atoms with E-state index in [9.17, 15) is 13.2 Å². The van der Waals surface area contributed by atoms with E-state index < -0.39 is 12.8 Å². The molecule has 0 aromatic rings. The van der Waals surface area contributed by atoms with E-state index >= 15 is 0 Å². The van der Waals surface area contributed by atoms with Gasteiger partial charge in [0.1, 0.15) is 6.61 Å². The number of ether oxygens (including phenoxy) is 1. The number of hydrogen-bond donors (Lipinski definition) is 1. The topological polar surface area (TPSA) is 21.3 Å². The van der Waals surface area contributed by atoms with Gasteiger partial charge in [-0.25, -0.2) is 0 Å². The fraction of sp³-hybridized carbons (Fsp3) is 1.00. The normalized spacial score (nSPS) is 29.5. The molecule has 0 bridgehead atoms. The van der Waals surface area contributed by atoms with Gasteiger partial charge in [0.15, 0.2) is 0 Å². The third-order valence-electron chi connectivity index (χ3n) is 3.74. The summed E-state index contributed by atoms with van der Waals surface area (Å²) in [5.74, 6) is 1.31. The van der Waals surface area contributed by atoms with Gasteiger partial charge in [0.05, 0.1) is 0 Å². The summed E-state index contributed by atoms with van der Waals surface area (Å²) < 4.78 is 40.3. The molecule has 0 saturated heterocycles. The molecule has 0 amide bonds. The van der Waals surface area contributed by atoms with E-state index in [4.69, 9.17) is 0 Å². The number of nitrogens with one attached hydrogen (secondary N) is 1. The highest BCUT2D eigenvalue weighted by atomic mass is 19.4. The number of rotatable bonds is 6. The van der Waals surface area contributed by atoms with Crippen molar-refractivity contribution in [2.75, 3.05) is 20.3 Å². The van der Waals surface area contributed by atoms with Crippen LogP contribution in [0.1, 0.15) is 39.0 Å². The zero-order valence-electron chi connectivity index (χ0n) is 11.2. The third kappa shape index (κ3) is 6.05. The van der Waals surface area contributed by atoms with Crippen LogP contribution in [0.2, 0.25) is 0 Å². The SMILES string of the molecule is CNC1CCC(C)CC1CCCOCC(F)(F)F. The molecule has 1 rings (SSSR count). The predicted molar refractivity (Wildman–Crippen MR) is 65.5 cm³/mol. The summed E-state index contributed by atoms with van der Waals surface area (Å²) >= 11 is 0. The van der Waals surface area contributed by atoms with Crippen LogP contribution in [0.4, 0.5) is 13.2 Å². The molecule has 1 aliphatic rings. The fourth-order valence-corrected chi connectivity index (χ4v) is 2.83. The van der Waals surface area contributed by atoms with Crippen molar-refractivity contribution in [2.24, 2.45) is 11.8 Å². The largest absolute Gasteiger partial charge is 0.411 e. The number of halogens is 3. The molecule has 18 heavy (non-hydrogen) atoms. The maximum atomic E-state index is 11.9. The minimum Gasteiger partial charge on any atom is -0.372 e. The monoisotopic (exact) mass is 267 g/mol. The Labute approximate surface area is 107 Å². The van der Waals surface area contributed by atoms with E-state index in [0.29, 0.717) is 18.4 Å². The van der Waals surface area contributed by atoms with Crippen molar-refractivity contribution in [1.82, 2.24) is 5.32 Å². The lowest BCUT2D eigenvalue weighted by atomic mass is 9.77. The Morgan fingerprint density at radius 3 is 2.61 bits per heavy atom. The van der Waals surface area contributed by atoms with Gasteiger partial charge in [-0.1, -0.05) is 6.92 Å². The van der Waals surface area contributed by atoms with E-state index in [1.54, 1.807) is 0 Å². The molecule has 0 heterocycles. The van der Waals surface area contributed by atoms with Gasteiger partial charge in [0.25, 0.3) is 0 Å². The van der Waals surface area contributed by atoms with Crippen LogP contribution in [-0.4, -0.2) is 32.5 Å². The second-order valence-corrected chi connectivity index (χ2v) is 5.38. The number of hydrogen-bond acceptors (Lipinski definition) is 2. The molecule has 3 atom stereocenters. The smallest absolute Gasteiger partial charge is 0.372 e. The lowest BCUT2D eigenvalue weighted by Gasteiger charge is -2.34. The Morgan fingerprint density at radius 1 is 1.28 bits per heavy atom. The summed E-state index contributed by atoms with van der Waals surface area (Å²) in [6, 6.07) is 0.517. The van der Waals surface area contributed by atoms with Gasteiger partial charge < -0.3 is 10.1 Å². The Kier molecular flexibility index (Phi) is 6.43. The van der Waals surface area contributed by atoms with Crippen LogP contribution in [0.3, 0.4) is 0 Å². The molecule has 1 saturated carbocycles. The molecule has 0 aromatic carbocycles. The van der Waals surface area contributed by atoms with Crippen molar-refractivity contribution in [3.05, 3.63) is 0 Å². The maximum absolute atomic E-state index is 11.9. The first-order valence-electron chi connectivity index (χ1n) is 6.74. The maximum Gasteiger partial charge on any atom is 0.411 e. The van der Waals surface area contributed by atoms with Crippen LogP contribution < -0.4 is 5.32 Å². The average molecular weight is 267 g/mol. The summed E-state index contributed by atoms with van der Waals surface area (Å²) in [6.07, 6.45) is 1.05. The Morgan fingerprint density at radius 2 is 2.00 bits per heavy atom.